The van der Waals surface area contributed by atoms with Crippen LogP contribution in [0.2, 0.25) is 0 Å². The molecule has 0 fully saturated rings. The molecule has 0 bridgehead atoms. The lowest BCUT2D eigenvalue weighted by atomic mass is 10.1. The summed E-state index contributed by atoms with van der Waals surface area (Å²) >= 11 is 0. The molecule has 1 aromatic carbocycles. The van der Waals surface area contributed by atoms with Crippen molar-refractivity contribution in [1.29, 1.82) is 0 Å². The van der Waals surface area contributed by atoms with E-state index in [0.717, 1.165) is 0 Å². The Balaban J connectivity index is 2.13. The third-order valence-corrected chi connectivity index (χ3v) is 2.88. The summed E-state index contributed by atoms with van der Waals surface area (Å²) in [6, 6.07) is 6.80. The van der Waals surface area contributed by atoms with E-state index in [-0.39, 0.29) is 0 Å². The van der Waals surface area contributed by atoms with Crippen LogP contribution in [-0.2, 0) is 9.59 Å². The Morgan fingerprint density at radius 1 is 1.30 bits per heavy atom. The van der Waals surface area contributed by atoms with E-state index >= 15 is 0 Å². The van der Waals surface area contributed by atoms with Crippen molar-refractivity contribution in [2.24, 2.45) is 0 Å². The van der Waals surface area contributed by atoms with Gasteiger partial charge in [0.25, 0.3) is 0 Å². The minimum Gasteiger partial charge on any atom is -0.479 e. The first-order valence-electron chi connectivity index (χ1n) is 6.02. The van der Waals surface area contributed by atoms with Crippen LogP contribution in [0.3, 0.4) is 0 Å². The molecule has 0 aliphatic heterocycles. The van der Waals surface area contributed by atoms with E-state index in [1.807, 2.05) is 0 Å². The topological polar surface area (TPSA) is 97.1 Å². The van der Waals surface area contributed by atoms with Crippen LogP contribution in [0.1, 0.15) is 24.6 Å². The molecule has 1 unspecified atom stereocenters. The predicted molar refractivity (Wildman–Crippen MR) is 69.7 cm³/mol. The monoisotopic (exact) mass is 274 g/mol. The molecule has 1 heterocycles. The van der Waals surface area contributed by atoms with Gasteiger partial charge in [0.05, 0.1) is 0 Å². The van der Waals surface area contributed by atoms with E-state index < -0.39 is 24.0 Å². The summed E-state index contributed by atoms with van der Waals surface area (Å²) in [7, 11) is 0. The number of amides is 1. The summed E-state index contributed by atoms with van der Waals surface area (Å²) in [5, 5.41) is 15.6. The van der Waals surface area contributed by atoms with Gasteiger partial charge in [-0.05, 0) is 12.5 Å². The fourth-order valence-corrected chi connectivity index (χ4v) is 1.73. The highest BCUT2D eigenvalue weighted by Gasteiger charge is 2.25. The van der Waals surface area contributed by atoms with E-state index in [4.69, 9.17) is 0 Å². The van der Waals surface area contributed by atoms with Crippen molar-refractivity contribution in [1.82, 2.24) is 20.1 Å². The summed E-state index contributed by atoms with van der Waals surface area (Å²) in [6.45, 7) is 1.62. The zero-order valence-corrected chi connectivity index (χ0v) is 10.8. The molecular formula is C13H14N4O3. The second-order valence-corrected chi connectivity index (χ2v) is 4.24. The van der Waals surface area contributed by atoms with Crippen LogP contribution < -0.4 is 5.32 Å². The first-order valence-corrected chi connectivity index (χ1v) is 6.02. The van der Waals surface area contributed by atoms with E-state index in [1.54, 1.807) is 37.3 Å². The Labute approximate surface area is 115 Å². The zero-order chi connectivity index (χ0) is 14.5. The van der Waals surface area contributed by atoms with Gasteiger partial charge in [-0.1, -0.05) is 30.3 Å². The molecule has 0 saturated carbocycles. The number of carboxylic acids is 1. The smallest absolute Gasteiger partial charge is 0.330 e. The number of carbonyl (C=O) groups excluding carboxylic acids is 1. The molecule has 1 aromatic heterocycles. The van der Waals surface area contributed by atoms with Crippen molar-refractivity contribution in [3.8, 4) is 0 Å². The molecule has 0 saturated heterocycles. The standard InChI is InChI=1S/C13H14N4O3/c1-9(17-8-14-7-15-17)12(18)16-11(13(19)20)10-5-3-2-4-6-10/h2-9,11H,1H3,(H,16,18)(H,19,20)/t9?,11-/m1/s1. The number of hydrogen-bond acceptors (Lipinski definition) is 4. The largest absolute Gasteiger partial charge is 0.479 e. The van der Waals surface area contributed by atoms with Gasteiger partial charge in [0.2, 0.25) is 5.91 Å². The molecule has 1 amide bonds. The summed E-state index contributed by atoms with van der Waals surface area (Å²) in [4.78, 5) is 27.1. The lowest BCUT2D eigenvalue weighted by Gasteiger charge is -2.18. The number of carbonyl (C=O) groups is 2. The maximum absolute atomic E-state index is 12.1. The summed E-state index contributed by atoms with van der Waals surface area (Å²) in [6.07, 6.45) is 2.72. The highest BCUT2D eigenvalue weighted by atomic mass is 16.4. The second kappa shape index (κ2) is 5.96. The highest BCUT2D eigenvalue weighted by molar-refractivity contribution is 5.86. The summed E-state index contributed by atoms with van der Waals surface area (Å²) < 4.78 is 1.36. The van der Waals surface area contributed by atoms with Crippen LogP contribution in [0.4, 0.5) is 0 Å². The van der Waals surface area contributed by atoms with Crippen LogP contribution >= 0.6 is 0 Å². The normalized spacial score (nSPS) is 13.4. The van der Waals surface area contributed by atoms with Gasteiger partial charge >= 0.3 is 5.97 Å². The molecule has 0 radical (unpaired) electrons. The van der Waals surface area contributed by atoms with Crippen molar-refractivity contribution in [3.05, 3.63) is 48.5 Å². The number of aliphatic carboxylic acids is 1. The number of rotatable bonds is 5. The molecule has 2 aromatic rings. The lowest BCUT2D eigenvalue weighted by Crippen LogP contribution is -2.37. The number of nitrogens with zero attached hydrogens (tertiary/aromatic N) is 3. The SMILES string of the molecule is CC(C(=O)N[C@@H](C(=O)O)c1ccccc1)n1cncn1. The second-order valence-electron chi connectivity index (χ2n) is 4.24. The van der Waals surface area contributed by atoms with Crippen LogP contribution in [0.15, 0.2) is 43.0 Å². The molecule has 2 rings (SSSR count). The molecule has 7 heteroatoms. The molecular weight excluding hydrogens is 260 g/mol. The van der Waals surface area contributed by atoms with E-state index in [0.29, 0.717) is 5.56 Å². The van der Waals surface area contributed by atoms with E-state index in [1.165, 1.54) is 17.3 Å². The minimum atomic E-state index is -1.12. The third-order valence-electron chi connectivity index (χ3n) is 2.88. The number of aromatic nitrogens is 3. The maximum Gasteiger partial charge on any atom is 0.330 e. The highest BCUT2D eigenvalue weighted by Crippen LogP contribution is 2.14. The van der Waals surface area contributed by atoms with E-state index in [9.17, 15) is 14.7 Å². The van der Waals surface area contributed by atoms with Crippen molar-refractivity contribution in [3.63, 3.8) is 0 Å². The Bertz CT molecular complexity index is 583. The van der Waals surface area contributed by atoms with Crippen LogP contribution in [0, 0.1) is 0 Å². The maximum atomic E-state index is 12.1. The molecule has 0 aliphatic rings. The molecule has 0 aliphatic carbocycles. The molecule has 20 heavy (non-hydrogen) atoms. The summed E-state index contributed by atoms with van der Waals surface area (Å²) in [5.41, 5.74) is 0.513. The number of nitrogens with one attached hydrogen (secondary N) is 1. The predicted octanol–water partition coefficient (Wildman–Crippen LogP) is 0.781. The quantitative estimate of drug-likeness (QED) is 0.839. The van der Waals surface area contributed by atoms with Crippen LogP contribution in [-0.4, -0.2) is 31.7 Å². The van der Waals surface area contributed by atoms with Crippen LogP contribution in [0.25, 0.3) is 0 Å². The molecule has 0 spiro atoms. The Morgan fingerprint density at radius 3 is 2.55 bits per heavy atom. The van der Waals surface area contributed by atoms with Crippen molar-refractivity contribution < 1.29 is 14.7 Å². The van der Waals surface area contributed by atoms with Crippen molar-refractivity contribution >= 4 is 11.9 Å². The fraction of sp³-hybridized carbons (Fsp3) is 0.231. The molecule has 104 valence electrons. The van der Waals surface area contributed by atoms with Gasteiger partial charge in [0, 0.05) is 0 Å². The molecule has 2 atom stereocenters. The number of hydrogen-bond donors (Lipinski definition) is 2. The van der Waals surface area contributed by atoms with Crippen LogP contribution in [0.5, 0.6) is 0 Å². The first-order chi connectivity index (χ1) is 9.59. The summed E-state index contributed by atoms with van der Waals surface area (Å²) in [5.74, 6) is -1.55. The average Bonchev–Trinajstić information content (AvgIpc) is 2.98. The van der Waals surface area contributed by atoms with Gasteiger partial charge in [0.1, 0.15) is 18.7 Å². The average molecular weight is 274 g/mol. The number of benzene rings is 1. The Morgan fingerprint density at radius 2 is 2.00 bits per heavy atom. The third kappa shape index (κ3) is 3.00. The molecule has 2 N–H and O–H groups in total. The lowest BCUT2D eigenvalue weighted by molar-refractivity contribution is -0.142. The van der Waals surface area contributed by atoms with Crippen molar-refractivity contribution in [2.45, 2.75) is 19.0 Å². The zero-order valence-electron chi connectivity index (χ0n) is 10.8. The Kier molecular flexibility index (Phi) is 4.09. The Hall–Kier alpha value is -2.70. The first kappa shape index (κ1) is 13.7. The minimum absolute atomic E-state index is 0.438. The fourth-order valence-electron chi connectivity index (χ4n) is 1.73. The van der Waals surface area contributed by atoms with Gasteiger partial charge in [0.15, 0.2) is 6.04 Å². The van der Waals surface area contributed by atoms with Gasteiger partial charge < -0.3 is 10.4 Å². The van der Waals surface area contributed by atoms with Crippen molar-refractivity contribution in [2.75, 3.05) is 0 Å². The van der Waals surface area contributed by atoms with Gasteiger partial charge in [-0.2, -0.15) is 5.10 Å². The van der Waals surface area contributed by atoms with Gasteiger partial charge in [-0.25, -0.2) is 14.5 Å². The molecule has 7 nitrogen and oxygen atoms in total. The van der Waals surface area contributed by atoms with Gasteiger partial charge in [-0.3, -0.25) is 4.79 Å². The van der Waals surface area contributed by atoms with E-state index in [2.05, 4.69) is 15.4 Å². The van der Waals surface area contributed by atoms with Gasteiger partial charge in [-0.15, -0.1) is 0 Å². The number of carboxylic acid groups (broad SMARTS) is 1.